The molecule has 1 fully saturated rings. The number of hydrogen-bond donors (Lipinski definition) is 1. The van der Waals surface area contributed by atoms with Gasteiger partial charge in [0.25, 0.3) is 0 Å². The van der Waals surface area contributed by atoms with Crippen LogP contribution in [0.5, 0.6) is 0 Å². The van der Waals surface area contributed by atoms with Crippen LogP contribution in [-0.2, 0) is 11.1 Å². The van der Waals surface area contributed by atoms with Crippen LogP contribution in [-0.4, -0.2) is 15.3 Å². The lowest BCUT2D eigenvalue weighted by Crippen LogP contribution is -2.04. The van der Waals surface area contributed by atoms with Gasteiger partial charge in [-0.2, -0.15) is 0 Å². The normalized spacial score (nSPS) is 21.8. The molecule has 0 radical (unpaired) electrons. The predicted molar refractivity (Wildman–Crippen MR) is 79.4 cm³/mol. The van der Waals surface area contributed by atoms with Crippen molar-refractivity contribution in [3.63, 3.8) is 0 Å². The van der Waals surface area contributed by atoms with Crippen LogP contribution < -0.4 is 5.32 Å². The fourth-order valence-corrected chi connectivity index (χ4v) is 2.88. The molecule has 1 aliphatic rings. The second-order valence-electron chi connectivity index (χ2n) is 5.29. The van der Waals surface area contributed by atoms with E-state index in [9.17, 15) is 13.2 Å². The van der Waals surface area contributed by atoms with Gasteiger partial charge in [0.1, 0.15) is 5.82 Å². The van der Waals surface area contributed by atoms with Crippen molar-refractivity contribution in [3.05, 3.63) is 59.9 Å². The molecule has 2 aromatic rings. The molecule has 3 rings (SSSR count). The molecule has 1 N–H and O–H groups in total. The minimum atomic E-state index is -2.16. The van der Waals surface area contributed by atoms with Gasteiger partial charge in [0.2, 0.25) is 0 Å². The molecule has 21 heavy (non-hydrogen) atoms. The zero-order valence-electron chi connectivity index (χ0n) is 11.3. The van der Waals surface area contributed by atoms with E-state index in [1.54, 1.807) is 24.3 Å². The Bertz CT molecular complexity index is 642. The van der Waals surface area contributed by atoms with Crippen LogP contribution in [0, 0.1) is 11.7 Å². The van der Waals surface area contributed by atoms with Crippen LogP contribution in [0.15, 0.2) is 53.4 Å². The van der Waals surface area contributed by atoms with E-state index in [4.69, 9.17) is 0 Å². The maximum atomic E-state index is 12.8. The van der Waals surface area contributed by atoms with E-state index in [2.05, 4.69) is 5.32 Å². The molecule has 0 heterocycles. The average molecular weight is 304 g/mol. The molecule has 3 atom stereocenters. The monoisotopic (exact) mass is 304 g/mol. The minimum absolute atomic E-state index is 0.235. The van der Waals surface area contributed by atoms with Crippen molar-refractivity contribution in [2.45, 2.75) is 17.2 Å². The van der Waals surface area contributed by atoms with Crippen LogP contribution in [0.4, 0.5) is 10.1 Å². The summed E-state index contributed by atoms with van der Waals surface area (Å²) in [5.74, 6) is 0.784. The maximum absolute atomic E-state index is 12.8. The molecule has 0 saturated heterocycles. The summed E-state index contributed by atoms with van der Waals surface area (Å²) in [4.78, 5) is 0.320. The first-order valence-electron chi connectivity index (χ1n) is 6.82. The number of benzene rings is 2. The Morgan fingerprint density at radius 1 is 1.14 bits per heavy atom. The van der Waals surface area contributed by atoms with Gasteiger partial charge >= 0.3 is 0 Å². The van der Waals surface area contributed by atoms with Crippen molar-refractivity contribution >= 4 is 16.8 Å². The Morgan fingerprint density at radius 2 is 1.81 bits per heavy atom. The first-order valence-corrected chi connectivity index (χ1v) is 7.89. The molecular formula is C16H15FNO2S-. The molecule has 3 nitrogen and oxygen atoms in total. The van der Waals surface area contributed by atoms with Gasteiger partial charge in [0.05, 0.1) is 0 Å². The lowest BCUT2D eigenvalue weighted by atomic mass is 10.1. The number of anilines is 1. The van der Waals surface area contributed by atoms with Crippen LogP contribution in [0.1, 0.15) is 17.9 Å². The SMILES string of the molecule is O=S([O-])c1ccc(C2CC2CNc2ccc(F)cc2)cc1. The number of nitrogens with one attached hydrogen (secondary N) is 1. The van der Waals surface area contributed by atoms with Gasteiger partial charge in [-0.15, -0.1) is 0 Å². The summed E-state index contributed by atoms with van der Waals surface area (Å²) >= 11 is -2.16. The number of halogens is 1. The van der Waals surface area contributed by atoms with Crippen molar-refractivity contribution in [2.24, 2.45) is 5.92 Å². The van der Waals surface area contributed by atoms with Crippen molar-refractivity contribution in [1.82, 2.24) is 0 Å². The summed E-state index contributed by atoms with van der Waals surface area (Å²) in [6.07, 6.45) is 1.09. The van der Waals surface area contributed by atoms with Crippen LogP contribution in [0.25, 0.3) is 0 Å². The van der Waals surface area contributed by atoms with E-state index in [0.29, 0.717) is 16.7 Å². The fraction of sp³-hybridized carbons (Fsp3) is 0.250. The van der Waals surface area contributed by atoms with Gasteiger partial charge in [0, 0.05) is 17.1 Å². The molecule has 110 valence electrons. The third-order valence-corrected chi connectivity index (χ3v) is 4.49. The van der Waals surface area contributed by atoms with E-state index in [-0.39, 0.29) is 5.82 Å². The lowest BCUT2D eigenvalue weighted by Gasteiger charge is -2.07. The van der Waals surface area contributed by atoms with Crippen LogP contribution in [0.2, 0.25) is 0 Å². The molecular weight excluding hydrogens is 289 g/mol. The Labute approximate surface area is 125 Å². The van der Waals surface area contributed by atoms with Gasteiger partial charge in [-0.3, -0.25) is 4.21 Å². The Kier molecular flexibility index (Phi) is 4.03. The Balaban J connectivity index is 1.54. The maximum Gasteiger partial charge on any atom is 0.123 e. The zero-order valence-corrected chi connectivity index (χ0v) is 12.1. The molecule has 0 aliphatic heterocycles. The second kappa shape index (κ2) is 5.95. The number of rotatable bonds is 5. The molecule has 0 amide bonds. The first-order chi connectivity index (χ1) is 10.1. The van der Waals surface area contributed by atoms with E-state index in [1.165, 1.54) is 17.7 Å². The molecule has 1 saturated carbocycles. The lowest BCUT2D eigenvalue weighted by molar-refractivity contribution is 0.537. The van der Waals surface area contributed by atoms with Gasteiger partial charge in [-0.25, -0.2) is 4.39 Å². The highest BCUT2D eigenvalue weighted by Gasteiger charge is 2.37. The number of hydrogen-bond acceptors (Lipinski definition) is 3. The van der Waals surface area contributed by atoms with Crippen LogP contribution in [0.3, 0.4) is 0 Å². The quantitative estimate of drug-likeness (QED) is 0.863. The third kappa shape index (κ3) is 3.49. The molecule has 0 spiro atoms. The standard InChI is InChI=1S/C16H16FNO2S/c17-13-3-5-14(6-4-13)18-10-12-9-16(12)11-1-7-15(8-2-11)21(19)20/h1-8,12,16,18H,9-10H2,(H,19,20)/p-1. The van der Waals surface area contributed by atoms with Crippen molar-refractivity contribution in [1.29, 1.82) is 0 Å². The first kappa shape index (κ1) is 14.2. The topological polar surface area (TPSA) is 52.2 Å². The highest BCUT2D eigenvalue weighted by molar-refractivity contribution is 7.79. The summed E-state index contributed by atoms with van der Waals surface area (Å²) < 4.78 is 34.4. The zero-order chi connectivity index (χ0) is 14.8. The van der Waals surface area contributed by atoms with Gasteiger partial charge in [-0.05, 0) is 71.3 Å². The second-order valence-corrected chi connectivity index (χ2v) is 6.23. The Morgan fingerprint density at radius 3 is 2.43 bits per heavy atom. The summed E-state index contributed by atoms with van der Waals surface area (Å²) in [5, 5.41) is 3.30. The van der Waals surface area contributed by atoms with Crippen molar-refractivity contribution in [2.75, 3.05) is 11.9 Å². The summed E-state index contributed by atoms with van der Waals surface area (Å²) in [7, 11) is 0. The van der Waals surface area contributed by atoms with E-state index < -0.39 is 11.1 Å². The Hall–Kier alpha value is -1.72. The summed E-state index contributed by atoms with van der Waals surface area (Å²) in [5.41, 5.74) is 2.09. The smallest absolute Gasteiger partial charge is 0.123 e. The summed E-state index contributed by atoms with van der Waals surface area (Å²) in [6.45, 7) is 0.839. The molecule has 0 bridgehead atoms. The highest BCUT2D eigenvalue weighted by Crippen LogP contribution is 2.47. The van der Waals surface area contributed by atoms with Gasteiger partial charge < -0.3 is 9.87 Å². The minimum Gasteiger partial charge on any atom is -0.768 e. The largest absolute Gasteiger partial charge is 0.768 e. The van der Waals surface area contributed by atoms with E-state index in [1.807, 2.05) is 12.1 Å². The van der Waals surface area contributed by atoms with Crippen LogP contribution >= 0.6 is 0 Å². The summed E-state index contributed by atoms with van der Waals surface area (Å²) in [6, 6.07) is 13.4. The van der Waals surface area contributed by atoms with Gasteiger partial charge in [-0.1, -0.05) is 12.1 Å². The fourth-order valence-electron chi connectivity index (χ4n) is 2.52. The highest BCUT2D eigenvalue weighted by atomic mass is 32.2. The van der Waals surface area contributed by atoms with Crippen molar-refractivity contribution in [3.8, 4) is 0 Å². The molecule has 5 heteroatoms. The van der Waals surface area contributed by atoms with Crippen molar-refractivity contribution < 1.29 is 13.2 Å². The molecule has 3 unspecified atom stereocenters. The third-order valence-electron chi connectivity index (χ3n) is 3.84. The van der Waals surface area contributed by atoms with E-state index >= 15 is 0 Å². The average Bonchev–Trinajstić information content (AvgIpc) is 3.26. The van der Waals surface area contributed by atoms with E-state index in [0.717, 1.165) is 18.7 Å². The molecule has 1 aliphatic carbocycles. The molecule has 0 aromatic heterocycles. The van der Waals surface area contributed by atoms with Gasteiger partial charge in [0.15, 0.2) is 0 Å². The predicted octanol–water partition coefficient (Wildman–Crippen LogP) is 3.28. The molecule has 2 aromatic carbocycles.